The van der Waals surface area contributed by atoms with Crippen molar-refractivity contribution in [2.45, 2.75) is 12.8 Å². The highest BCUT2D eigenvalue weighted by molar-refractivity contribution is 5.84. The molecule has 0 radical (unpaired) electrons. The monoisotopic (exact) mass is 453 g/mol. The zero-order valence-corrected chi connectivity index (χ0v) is 20.0. The van der Waals surface area contributed by atoms with Crippen LogP contribution in [0, 0.1) is 0 Å². The summed E-state index contributed by atoms with van der Waals surface area (Å²) in [5, 5.41) is 5.04. The van der Waals surface area contributed by atoms with Crippen LogP contribution in [0.5, 0.6) is 0 Å². The lowest BCUT2D eigenvalue weighted by Gasteiger charge is -2.24. The van der Waals surface area contributed by atoms with Gasteiger partial charge in [0.1, 0.15) is 0 Å². The smallest absolute Gasteiger partial charge is 0.0452 e. The molecule has 0 saturated heterocycles. The fraction of sp³-hybridized carbons (Fsp3) is 0.0588. The van der Waals surface area contributed by atoms with Gasteiger partial charge in [0.2, 0.25) is 0 Å². The molecule has 0 unspecified atom stereocenters. The van der Waals surface area contributed by atoms with Gasteiger partial charge in [0, 0.05) is 29.2 Å². The largest absolute Gasteiger partial charge is 0.320 e. The number of hydrogen-bond donors (Lipinski definition) is 0. The molecule has 1 heteroatoms. The lowest BCUT2D eigenvalue weighted by molar-refractivity contribution is 1.18. The van der Waals surface area contributed by atoms with Crippen molar-refractivity contribution < 1.29 is 0 Å². The summed E-state index contributed by atoms with van der Waals surface area (Å²) in [7, 11) is 0. The third kappa shape index (κ3) is 6.59. The molecule has 1 nitrogen and oxygen atoms in total. The van der Waals surface area contributed by atoms with Gasteiger partial charge in [-0.25, -0.2) is 0 Å². The molecule has 0 fully saturated rings. The minimum Gasteiger partial charge on any atom is -0.320 e. The van der Waals surface area contributed by atoms with Crippen LogP contribution in [0.3, 0.4) is 0 Å². The third-order valence-electron chi connectivity index (χ3n) is 5.76. The first-order chi connectivity index (χ1) is 17.4. The maximum atomic E-state index is 3.69. The van der Waals surface area contributed by atoms with Gasteiger partial charge in [0.25, 0.3) is 0 Å². The molecule has 35 heavy (non-hydrogen) atoms. The lowest BCUT2D eigenvalue weighted by atomic mass is 10.0. The zero-order valence-electron chi connectivity index (χ0n) is 20.0. The van der Waals surface area contributed by atoms with E-state index in [1.165, 1.54) is 26.9 Å². The third-order valence-corrected chi connectivity index (χ3v) is 5.76. The van der Waals surface area contributed by atoms with Crippen molar-refractivity contribution in [3.05, 3.63) is 163 Å². The molecular weight excluding hydrogens is 422 g/mol. The summed E-state index contributed by atoms with van der Waals surface area (Å²) in [6.45, 7) is 3.69. The van der Waals surface area contributed by atoms with Crippen molar-refractivity contribution >= 4 is 28.2 Å². The van der Waals surface area contributed by atoms with E-state index in [0.717, 1.165) is 18.5 Å². The maximum absolute atomic E-state index is 3.69. The highest BCUT2D eigenvalue weighted by Gasteiger charge is 2.11. The Morgan fingerprint density at radius 1 is 0.686 bits per heavy atom. The number of allylic oxidation sites excluding steroid dienone is 11. The van der Waals surface area contributed by atoms with Crippen molar-refractivity contribution in [1.82, 2.24) is 0 Å². The van der Waals surface area contributed by atoms with Gasteiger partial charge in [-0.05, 0) is 52.8 Å². The number of hydrogen-bond acceptors (Lipinski definition) is 1. The number of nitrogens with zero attached hydrogens (tertiary/aromatic N) is 1. The predicted octanol–water partition coefficient (Wildman–Crippen LogP) is 7.51. The molecule has 3 aromatic carbocycles. The Morgan fingerprint density at radius 3 is 2.11 bits per heavy atom. The Labute approximate surface area is 208 Å². The molecular formula is C34H31N. The fourth-order valence-electron chi connectivity index (χ4n) is 4.08. The summed E-state index contributed by atoms with van der Waals surface area (Å²) in [4.78, 5) is 2.31. The van der Waals surface area contributed by atoms with Gasteiger partial charge in [-0.1, -0.05) is 122 Å². The zero-order chi connectivity index (χ0) is 24.1. The summed E-state index contributed by atoms with van der Waals surface area (Å²) in [6, 6.07) is 23.8. The van der Waals surface area contributed by atoms with E-state index in [-0.39, 0.29) is 0 Å². The summed E-state index contributed by atoms with van der Waals surface area (Å²) >= 11 is 0. The van der Waals surface area contributed by atoms with E-state index in [4.69, 9.17) is 0 Å². The van der Waals surface area contributed by atoms with Crippen LogP contribution in [-0.2, 0) is 0 Å². The van der Waals surface area contributed by atoms with Crippen LogP contribution in [0.25, 0.3) is 22.5 Å². The van der Waals surface area contributed by atoms with E-state index in [0.29, 0.717) is 0 Å². The molecule has 4 rings (SSSR count). The molecule has 172 valence electrons. The van der Waals surface area contributed by atoms with Crippen LogP contribution >= 0.6 is 0 Å². The number of rotatable bonds is 7. The first kappa shape index (κ1) is 23.8. The molecule has 0 aliphatic heterocycles. The quantitative estimate of drug-likeness (QED) is 0.335. The van der Waals surface area contributed by atoms with Crippen LogP contribution in [0.15, 0.2) is 152 Å². The number of benzene rings is 3. The summed E-state index contributed by atoms with van der Waals surface area (Å²) < 4.78 is 0. The topological polar surface area (TPSA) is 3.24 Å². The van der Waals surface area contributed by atoms with Crippen LogP contribution in [0.4, 0.5) is 5.69 Å². The fourth-order valence-corrected chi connectivity index (χ4v) is 4.08. The van der Waals surface area contributed by atoms with Gasteiger partial charge in [-0.2, -0.15) is 0 Å². The van der Waals surface area contributed by atoms with E-state index in [1.54, 1.807) is 6.08 Å². The SMILES string of the molecule is C=C\C=C/C=C/C=C\C=C\N(/C1=c2\cc3ccccc3c\c2=C\C/C=C\C=C/C1)c1ccccc1. The second kappa shape index (κ2) is 12.8. The standard InChI is InChI=1S/C34H31N/c1-2-3-4-5-6-7-11-19-26-35(32-23-14-12-15-24-32)34-25-16-10-8-9-13-22-31-27-29-20-17-18-21-30(29)28-33(31)34/h2-12,14-24,26-28H,1,13,25H2/b4-3-,6-5+,9-8-,11-7-,16-10-,26-19+,31-22-,34-33+. The van der Waals surface area contributed by atoms with Gasteiger partial charge < -0.3 is 4.90 Å². The van der Waals surface area contributed by atoms with Crippen LogP contribution in [-0.4, -0.2) is 0 Å². The molecule has 0 saturated carbocycles. The molecule has 3 aromatic rings. The van der Waals surface area contributed by atoms with Crippen molar-refractivity contribution in [3.63, 3.8) is 0 Å². The summed E-state index contributed by atoms with van der Waals surface area (Å²) in [6.07, 6.45) is 30.8. The molecule has 0 aromatic heterocycles. The second-order valence-electron chi connectivity index (χ2n) is 8.17. The van der Waals surface area contributed by atoms with Gasteiger partial charge >= 0.3 is 0 Å². The van der Waals surface area contributed by atoms with E-state index in [2.05, 4.69) is 127 Å². The van der Waals surface area contributed by atoms with Crippen molar-refractivity contribution in [1.29, 1.82) is 0 Å². The molecule has 0 heterocycles. The molecule has 0 atom stereocenters. The second-order valence-corrected chi connectivity index (χ2v) is 8.17. The minimum atomic E-state index is 0.818. The normalized spacial score (nSPS) is 18.6. The van der Waals surface area contributed by atoms with Gasteiger partial charge in [-0.15, -0.1) is 0 Å². The van der Waals surface area contributed by atoms with E-state index in [9.17, 15) is 0 Å². The number of fused-ring (bicyclic) bond motifs is 2. The van der Waals surface area contributed by atoms with E-state index in [1.807, 2.05) is 30.4 Å². The highest BCUT2D eigenvalue weighted by Crippen LogP contribution is 2.23. The van der Waals surface area contributed by atoms with Gasteiger partial charge in [-0.3, -0.25) is 0 Å². The van der Waals surface area contributed by atoms with Gasteiger partial charge in [0.15, 0.2) is 0 Å². The first-order valence-electron chi connectivity index (χ1n) is 12.0. The molecule has 0 N–H and O–H groups in total. The Morgan fingerprint density at radius 2 is 1.34 bits per heavy atom. The van der Waals surface area contributed by atoms with Crippen molar-refractivity contribution in [2.24, 2.45) is 0 Å². The van der Waals surface area contributed by atoms with Gasteiger partial charge in [0.05, 0.1) is 0 Å². The van der Waals surface area contributed by atoms with Crippen LogP contribution in [0.1, 0.15) is 12.8 Å². The van der Waals surface area contributed by atoms with Crippen molar-refractivity contribution in [2.75, 3.05) is 4.90 Å². The Hall–Kier alpha value is -4.36. The lowest BCUT2D eigenvalue weighted by Crippen LogP contribution is -2.32. The molecule has 0 spiro atoms. The summed E-state index contributed by atoms with van der Waals surface area (Å²) in [5.74, 6) is 0. The number of para-hydroxylation sites is 1. The first-order valence-corrected chi connectivity index (χ1v) is 12.0. The molecule has 1 aliphatic carbocycles. The van der Waals surface area contributed by atoms with Crippen molar-refractivity contribution in [3.8, 4) is 0 Å². The van der Waals surface area contributed by atoms with E-state index >= 15 is 0 Å². The molecule has 1 aliphatic rings. The Balaban J connectivity index is 1.87. The van der Waals surface area contributed by atoms with Crippen LogP contribution in [0.2, 0.25) is 0 Å². The minimum absolute atomic E-state index is 0.818. The highest BCUT2D eigenvalue weighted by atomic mass is 15.1. The Bertz CT molecular complexity index is 1440. The Kier molecular flexibility index (Phi) is 8.68. The van der Waals surface area contributed by atoms with E-state index < -0.39 is 0 Å². The summed E-state index contributed by atoms with van der Waals surface area (Å²) in [5.41, 5.74) is 2.38. The molecule has 0 bridgehead atoms. The maximum Gasteiger partial charge on any atom is 0.0452 e. The average Bonchev–Trinajstić information content (AvgIpc) is 2.90. The van der Waals surface area contributed by atoms with Crippen LogP contribution < -0.4 is 15.3 Å². The number of anilines is 1. The predicted molar refractivity (Wildman–Crippen MR) is 154 cm³/mol. The molecule has 0 amide bonds. The average molecular weight is 454 g/mol.